The van der Waals surface area contributed by atoms with E-state index < -0.39 is 153 Å². The number of likely N-dealkylation sites (N-methyl/N-ethyl adjacent to an activating group) is 1. The number of amides is 6. The zero-order valence-electron chi connectivity index (χ0n) is 87.6. The molecule has 3 aromatic carbocycles. The molecule has 16 atom stereocenters. The number of carbonyl (C=O) groups excluding carboxylic acids is 8. The second-order valence-corrected chi connectivity index (χ2v) is 37.6. The molecule has 0 saturated carbocycles. The van der Waals surface area contributed by atoms with E-state index in [2.05, 4.69) is 115 Å². The Morgan fingerprint density at radius 3 is 1.47 bits per heavy atom. The highest BCUT2D eigenvalue weighted by Crippen LogP contribution is 2.33. The number of hydrogen-bond donors (Lipinski definition) is 14. The molecule has 8 rings (SSSR count). The summed E-state index contributed by atoms with van der Waals surface area (Å²) >= 11 is 0. The van der Waals surface area contributed by atoms with Crippen LogP contribution in [0.4, 0.5) is 0 Å². The Bertz CT molecular complexity index is 4710. The number of Topliss-reactive ketones (excluding diaryl/α,β-unsaturated/α-hetero) is 2. The topological polar surface area (TPSA) is 578 Å². The van der Waals surface area contributed by atoms with E-state index in [1.165, 1.54) is 23.4 Å². The smallest absolute Gasteiger partial charge is 0.246 e. The molecule has 2 aromatic heterocycles. The molecule has 14 N–H and O–H groups in total. The maximum atomic E-state index is 14.1. The minimum atomic E-state index is -1.48. The predicted molar refractivity (Wildman–Crippen MR) is 541 cm³/mol. The summed E-state index contributed by atoms with van der Waals surface area (Å²) in [5.74, 6) is -4.14. The van der Waals surface area contributed by atoms with Gasteiger partial charge in [0.15, 0.2) is 30.1 Å². The largest absolute Gasteiger partial charge is 0.464 e. The van der Waals surface area contributed by atoms with Crippen molar-refractivity contribution in [1.82, 2.24) is 46.3 Å². The summed E-state index contributed by atoms with van der Waals surface area (Å²) in [5.41, 5.74) is 6.28. The van der Waals surface area contributed by atoms with Crippen molar-refractivity contribution in [3.63, 3.8) is 0 Å². The van der Waals surface area contributed by atoms with Gasteiger partial charge in [-0.3, -0.25) is 48.1 Å². The number of nitrogens with one attached hydrogen (secondary N) is 6. The first-order valence-corrected chi connectivity index (χ1v) is 51.7. The van der Waals surface area contributed by atoms with Gasteiger partial charge in [-0.25, -0.2) is 0 Å². The third-order valence-corrected chi connectivity index (χ3v) is 25.4. The fourth-order valence-electron chi connectivity index (χ4n) is 16.7. The number of rotatable bonds is 80. The quantitative estimate of drug-likeness (QED) is 0.0237. The number of aromatic nitrogens is 1. The first kappa shape index (κ1) is 126. The molecule has 0 aliphatic carbocycles. The van der Waals surface area contributed by atoms with Crippen molar-refractivity contribution in [3.8, 4) is 5.69 Å². The average Bonchev–Trinajstić information content (AvgIpc) is 1.48. The highest BCUT2D eigenvalue weighted by atomic mass is 16.7. The minimum absolute atomic E-state index is 0.00809. The molecular formula is C104H163N9O36. The number of nitrogens with zero attached hydrogens (tertiary/aromatic N) is 3. The standard InChI is InChI=1S/C104H163N9O36/c1-9-84-97(127)94(124)73(5)101(147-84)143-52-49-136-44-40-132-36-26-106-89(120)22-33-140-67-104(68-141-34-23-90(121)107-27-37-133-41-45-137-50-53-144-102-74(6)95(125)98(128)86(63-114)148-102,69-142-35-24-91(122)108-28-38-134-42-46-138-51-54-145-103-93(110-75(7)116)100(130)99(129)87(64-115)149-103)58-80(118)59-109-92(123)66-139-48-47-135-43-39-131-32-13-17-79(117)20-21-88(119)105-25-14-29-112(61-77-65-146-85-57-72(4)71(3)56-82(85)96(77)126)31-30-111(8)60-76-62-113(78-16-12-15-70(2)55-78)83-19-11-10-18-81(76)83/h10-12,15-16,18-19,55-57,62,65,73-74,84,86-87,93-95,97-103,114-115,124-125,127-130H,9,13-14,17,20-54,58-61,63-64,66-69H2,1-8H3,(H,105,119)(H,106,120)(H,107,121)(H,108,122)(H,109,123)(H,110,116)/t73-,74-,84-,86-,87-,93-,94-,95-,97+,98+,99+,100-,101-,102?,103-,104?/m1/s1. The number of para-hydroxylation sites is 1. The van der Waals surface area contributed by atoms with Crippen molar-refractivity contribution in [2.75, 3.05) is 251 Å². The highest BCUT2D eigenvalue weighted by molar-refractivity contribution is 5.88. The van der Waals surface area contributed by atoms with Crippen molar-refractivity contribution >= 4 is 68.9 Å². The molecule has 3 aliphatic heterocycles. The maximum Gasteiger partial charge on any atom is 0.246 e. The minimum Gasteiger partial charge on any atom is -0.464 e. The van der Waals surface area contributed by atoms with E-state index in [4.69, 9.17) is 89.7 Å². The van der Waals surface area contributed by atoms with Gasteiger partial charge in [-0.15, -0.1) is 0 Å². The van der Waals surface area contributed by atoms with Crippen LogP contribution in [0.25, 0.3) is 27.6 Å². The number of aryl methyl sites for hydroxylation is 3. The summed E-state index contributed by atoms with van der Waals surface area (Å²) in [6, 6.07) is 19.5. The normalized spacial score (nSPS) is 21.4. The molecule has 45 heteroatoms. The van der Waals surface area contributed by atoms with Gasteiger partial charge in [0, 0.05) is 157 Å². The molecule has 2 unspecified atom stereocenters. The lowest BCUT2D eigenvalue weighted by atomic mass is 9.85. The summed E-state index contributed by atoms with van der Waals surface area (Å²) in [7, 11) is 2.09. The molecule has 45 nitrogen and oxygen atoms in total. The fraction of sp³-hybridized carbons (Fsp3) is 0.702. The van der Waals surface area contributed by atoms with Crippen molar-refractivity contribution < 1.29 is 169 Å². The number of fused-ring (bicyclic) bond motifs is 2. The Morgan fingerprint density at radius 1 is 0.443 bits per heavy atom. The van der Waals surface area contributed by atoms with Crippen molar-refractivity contribution in [2.45, 2.75) is 206 Å². The molecule has 5 aromatic rings. The molecule has 5 heterocycles. The van der Waals surface area contributed by atoms with Crippen LogP contribution in [-0.2, 0) is 137 Å². The van der Waals surface area contributed by atoms with Gasteiger partial charge in [-0.1, -0.05) is 51.1 Å². The van der Waals surface area contributed by atoms with Gasteiger partial charge < -0.3 is 172 Å². The summed E-state index contributed by atoms with van der Waals surface area (Å²) in [6.45, 7) is 15.8. The number of benzene rings is 3. The van der Waals surface area contributed by atoms with Crippen LogP contribution < -0.4 is 37.3 Å². The number of carbonyl (C=O) groups is 8. The summed E-state index contributed by atoms with van der Waals surface area (Å²) in [5, 5.41) is 99.2. The third-order valence-electron chi connectivity index (χ3n) is 25.4. The van der Waals surface area contributed by atoms with Gasteiger partial charge in [-0.2, -0.15) is 0 Å². The Hall–Kier alpha value is -8.55. The van der Waals surface area contributed by atoms with Crippen LogP contribution in [0.5, 0.6) is 0 Å². The van der Waals surface area contributed by atoms with Gasteiger partial charge in [0.2, 0.25) is 35.4 Å². The zero-order chi connectivity index (χ0) is 108. The lowest BCUT2D eigenvalue weighted by molar-refractivity contribution is -0.284. The number of ether oxygens (including phenoxy) is 18. The van der Waals surface area contributed by atoms with Crippen LogP contribution in [0.1, 0.15) is 120 Å². The molecule has 3 saturated heterocycles. The summed E-state index contributed by atoms with van der Waals surface area (Å²) in [6.07, 6.45) is -7.96. The van der Waals surface area contributed by atoms with Crippen LogP contribution in [-0.4, -0.2) is 433 Å². The Morgan fingerprint density at radius 2 is 0.926 bits per heavy atom. The lowest BCUT2D eigenvalue weighted by Crippen LogP contribution is -2.64. The molecule has 840 valence electrons. The van der Waals surface area contributed by atoms with E-state index in [-0.39, 0.29) is 259 Å². The van der Waals surface area contributed by atoms with Gasteiger partial charge >= 0.3 is 0 Å². The molecule has 6 amide bonds. The number of ketones is 2. The maximum absolute atomic E-state index is 14.1. The van der Waals surface area contributed by atoms with Crippen LogP contribution in [0.2, 0.25) is 0 Å². The molecule has 3 aliphatic rings. The average molecular weight is 2120 g/mol. The molecular weight excluding hydrogens is 1950 g/mol. The van der Waals surface area contributed by atoms with E-state index in [0.717, 1.165) is 22.3 Å². The Kier molecular flexibility index (Phi) is 59.6. The van der Waals surface area contributed by atoms with E-state index >= 15 is 0 Å². The first-order valence-electron chi connectivity index (χ1n) is 51.7. The molecule has 3 fully saturated rings. The van der Waals surface area contributed by atoms with Crippen LogP contribution in [0, 0.1) is 38.0 Å². The third kappa shape index (κ3) is 45.9. The predicted octanol–water partition coefficient (Wildman–Crippen LogP) is 0.573. The molecule has 0 spiro atoms. The van der Waals surface area contributed by atoms with E-state index in [1.807, 2.05) is 32.9 Å². The summed E-state index contributed by atoms with van der Waals surface area (Å²) < 4.78 is 111. The van der Waals surface area contributed by atoms with E-state index in [9.17, 15) is 84.0 Å². The molecule has 0 bridgehead atoms. The second-order valence-electron chi connectivity index (χ2n) is 37.6. The molecule has 149 heavy (non-hydrogen) atoms. The number of aliphatic hydroxyl groups excluding tert-OH is 8. The van der Waals surface area contributed by atoms with Crippen LogP contribution in [0.3, 0.4) is 0 Å². The van der Waals surface area contributed by atoms with Crippen molar-refractivity contribution in [3.05, 3.63) is 111 Å². The monoisotopic (exact) mass is 2110 g/mol. The summed E-state index contributed by atoms with van der Waals surface area (Å²) in [4.78, 5) is 123. The fourth-order valence-corrected chi connectivity index (χ4v) is 16.7. The van der Waals surface area contributed by atoms with Crippen LogP contribution >= 0.6 is 0 Å². The molecule has 0 radical (unpaired) electrons. The van der Waals surface area contributed by atoms with Gasteiger partial charge in [0.05, 0.1) is 220 Å². The second kappa shape index (κ2) is 70.7. The van der Waals surface area contributed by atoms with Crippen molar-refractivity contribution in [2.24, 2.45) is 17.3 Å². The van der Waals surface area contributed by atoms with Crippen LogP contribution in [0.15, 0.2) is 82.3 Å². The SMILES string of the molecule is CC[C@H]1O[C@@H](OCCOCCOCCNC(=O)CCOCC(COCCC(=O)NCCOCCOCCOC2O[C@H](CO)[C@H](O)[C@H](O)[C@H]2C)(COCCC(=O)NCCOCCOCCO[C@@H]2O[C@H](CO)[C@H](O)[C@H](O)[C@H]2NC(C)=O)CC(=O)CNC(=O)COCCOCCOCCCC(=O)CCC(=O)NCCCN(CCN(C)Cc2cn(-c3cccc(C)c3)c3ccccc23)Cc2coc3cc(C)c(C)cc3c2=O)[C@H](C)[C@@H](O)[C@H]1O. The number of aliphatic hydroxyl groups is 8. The lowest BCUT2D eigenvalue weighted by Gasteiger charge is -2.42. The van der Waals surface area contributed by atoms with Gasteiger partial charge in [0.1, 0.15) is 60.6 Å². The highest BCUT2D eigenvalue weighted by Gasteiger charge is 2.47. The van der Waals surface area contributed by atoms with E-state index in [1.54, 1.807) is 20.1 Å². The van der Waals surface area contributed by atoms with Gasteiger partial charge in [-0.05, 0) is 99.7 Å². The Balaban J connectivity index is 0.748. The first-order chi connectivity index (χ1) is 71.9. The number of hydrogen-bond acceptors (Lipinski definition) is 38. The van der Waals surface area contributed by atoms with E-state index in [0.29, 0.717) is 75.1 Å². The van der Waals surface area contributed by atoms with Gasteiger partial charge in [0.25, 0.3) is 0 Å². The van der Waals surface area contributed by atoms with Crippen molar-refractivity contribution in [1.29, 1.82) is 0 Å². The zero-order valence-corrected chi connectivity index (χ0v) is 87.6. The Labute approximate surface area is 870 Å².